The SMILES string of the molecule is Cc1cc2nc(C)c(CCC(=O)NCc3ccc(S(=O)(=O)N(C)C)cc3)c(C)n2n1. The smallest absolute Gasteiger partial charge is 0.242 e. The first-order chi connectivity index (χ1) is 14.1. The summed E-state index contributed by atoms with van der Waals surface area (Å²) >= 11 is 0. The van der Waals surface area contributed by atoms with Crippen LogP contribution in [-0.4, -0.2) is 47.3 Å². The molecule has 0 radical (unpaired) electrons. The molecule has 0 unspecified atom stereocenters. The van der Waals surface area contributed by atoms with E-state index in [9.17, 15) is 13.2 Å². The van der Waals surface area contributed by atoms with Gasteiger partial charge in [-0.25, -0.2) is 22.2 Å². The number of nitrogens with one attached hydrogen (secondary N) is 1. The molecule has 0 aliphatic heterocycles. The van der Waals surface area contributed by atoms with Crippen LogP contribution in [0, 0.1) is 20.8 Å². The van der Waals surface area contributed by atoms with Gasteiger partial charge in [0.1, 0.15) is 0 Å². The Labute approximate surface area is 177 Å². The van der Waals surface area contributed by atoms with Crippen molar-refractivity contribution in [3.8, 4) is 0 Å². The van der Waals surface area contributed by atoms with Gasteiger partial charge < -0.3 is 5.32 Å². The van der Waals surface area contributed by atoms with Crippen molar-refractivity contribution >= 4 is 21.6 Å². The van der Waals surface area contributed by atoms with Crippen molar-refractivity contribution in [1.82, 2.24) is 24.2 Å². The van der Waals surface area contributed by atoms with Gasteiger partial charge >= 0.3 is 0 Å². The van der Waals surface area contributed by atoms with Crippen molar-refractivity contribution in [1.29, 1.82) is 0 Å². The lowest BCUT2D eigenvalue weighted by molar-refractivity contribution is -0.121. The van der Waals surface area contributed by atoms with Crippen LogP contribution in [0.5, 0.6) is 0 Å². The van der Waals surface area contributed by atoms with Crippen LogP contribution in [0.1, 0.15) is 34.6 Å². The van der Waals surface area contributed by atoms with Gasteiger partial charge in [-0.15, -0.1) is 0 Å². The standard InChI is InChI=1S/C21H27N5O3S/c1-14-12-20-23-15(2)19(16(3)26(20)24-14)10-11-21(27)22-13-17-6-8-18(9-7-17)30(28,29)25(4)5/h6-9,12H,10-11,13H2,1-5H3,(H,22,27). The Morgan fingerprint density at radius 1 is 1.13 bits per heavy atom. The third-order valence-electron chi connectivity index (χ3n) is 5.08. The quantitative estimate of drug-likeness (QED) is 0.621. The van der Waals surface area contributed by atoms with Crippen molar-refractivity contribution in [3.05, 3.63) is 58.5 Å². The zero-order valence-electron chi connectivity index (χ0n) is 17.9. The highest BCUT2D eigenvalue weighted by atomic mass is 32.2. The fourth-order valence-corrected chi connectivity index (χ4v) is 4.22. The number of rotatable bonds is 7. The fourth-order valence-electron chi connectivity index (χ4n) is 3.32. The zero-order chi connectivity index (χ0) is 22.1. The number of hydrogen-bond acceptors (Lipinski definition) is 5. The summed E-state index contributed by atoms with van der Waals surface area (Å²) < 4.78 is 27.2. The molecule has 0 saturated carbocycles. The van der Waals surface area contributed by atoms with Gasteiger partial charge in [-0.05, 0) is 50.5 Å². The largest absolute Gasteiger partial charge is 0.352 e. The van der Waals surface area contributed by atoms with Gasteiger partial charge in [-0.2, -0.15) is 5.10 Å². The number of benzene rings is 1. The monoisotopic (exact) mass is 429 g/mol. The Bertz CT molecular complexity index is 1180. The molecule has 0 aliphatic rings. The number of amides is 1. The van der Waals surface area contributed by atoms with Gasteiger partial charge in [0.2, 0.25) is 15.9 Å². The topological polar surface area (TPSA) is 96.7 Å². The fraction of sp³-hybridized carbons (Fsp3) is 0.381. The average Bonchev–Trinajstić information content (AvgIpc) is 3.06. The summed E-state index contributed by atoms with van der Waals surface area (Å²) in [6.45, 7) is 6.21. The summed E-state index contributed by atoms with van der Waals surface area (Å²) in [5.74, 6) is -0.0736. The van der Waals surface area contributed by atoms with Gasteiger partial charge in [0.15, 0.2) is 5.65 Å². The first kappa shape index (κ1) is 21.9. The van der Waals surface area contributed by atoms with Crippen LogP contribution in [-0.2, 0) is 27.8 Å². The van der Waals surface area contributed by atoms with Crippen molar-refractivity contribution in [2.24, 2.45) is 0 Å². The molecule has 2 aromatic heterocycles. The first-order valence-corrected chi connectivity index (χ1v) is 11.1. The van der Waals surface area contributed by atoms with Gasteiger partial charge in [0.25, 0.3) is 0 Å². The highest BCUT2D eigenvalue weighted by Gasteiger charge is 2.17. The second-order valence-electron chi connectivity index (χ2n) is 7.53. The van der Waals surface area contributed by atoms with Crippen molar-refractivity contribution in [2.75, 3.05) is 14.1 Å². The molecular weight excluding hydrogens is 402 g/mol. The predicted octanol–water partition coefficient (Wildman–Crippen LogP) is 2.15. The predicted molar refractivity (Wildman–Crippen MR) is 115 cm³/mol. The van der Waals surface area contributed by atoms with Gasteiger partial charge in [0.05, 0.1) is 10.6 Å². The van der Waals surface area contributed by atoms with E-state index in [4.69, 9.17) is 0 Å². The number of carbonyl (C=O) groups is 1. The van der Waals surface area contributed by atoms with E-state index >= 15 is 0 Å². The molecule has 8 nitrogen and oxygen atoms in total. The van der Waals surface area contributed by atoms with Gasteiger partial charge in [-0.3, -0.25) is 4.79 Å². The lowest BCUT2D eigenvalue weighted by atomic mass is 10.1. The Kier molecular flexibility index (Phi) is 6.23. The molecule has 3 aromatic rings. The summed E-state index contributed by atoms with van der Waals surface area (Å²) in [5, 5.41) is 7.35. The van der Waals surface area contributed by atoms with Crippen LogP contribution in [0.2, 0.25) is 0 Å². The molecule has 1 amide bonds. The Morgan fingerprint density at radius 3 is 2.43 bits per heavy atom. The Hall–Kier alpha value is -2.78. The van der Waals surface area contributed by atoms with Crippen molar-refractivity contribution in [2.45, 2.75) is 45.1 Å². The van der Waals surface area contributed by atoms with Crippen LogP contribution in [0.15, 0.2) is 35.2 Å². The van der Waals surface area contributed by atoms with Crippen LogP contribution in [0.4, 0.5) is 0 Å². The third-order valence-corrected chi connectivity index (χ3v) is 6.91. The Balaban J connectivity index is 1.60. The molecule has 9 heteroatoms. The molecule has 2 heterocycles. The minimum absolute atomic E-state index is 0.0736. The number of aromatic nitrogens is 3. The maximum absolute atomic E-state index is 12.3. The van der Waals surface area contributed by atoms with E-state index < -0.39 is 10.0 Å². The van der Waals surface area contributed by atoms with E-state index in [1.165, 1.54) is 18.4 Å². The lowest BCUT2D eigenvalue weighted by Gasteiger charge is -2.12. The normalized spacial score (nSPS) is 11.9. The number of nitrogens with zero attached hydrogens (tertiary/aromatic N) is 4. The molecule has 0 saturated heterocycles. The maximum Gasteiger partial charge on any atom is 0.242 e. The minimum Gasteiger partial charge on any atom is -0.352 e. The average molecular weight is 430 g/mol. The first-order valence-electron chi connectivity index (χ1n) is 9.70. The molecule has 0 fully saturated rings. The van der Waals surface area contributed by atoms with E-state index in [0.717, 1.165) is 33.9 Å². The summed E-state index contributed by atoms with van der Waals surface area (Å²) in [7, 11) is -0.466. The van der Waals surface area contributed by atoms with E-state index in [1.54, 1.807) is 24.3 Å². The third kappa shape index (κ3) is 4.52. The summed E-state index contributed by atoms with van der Waals surface area (Å²) in [6.07, 6.45) is 0.910. The van der Waals surface area contributed by atoms with Crippen LogP contribution >= 0.6 is 0 Å². The minimum atomic E-state index is -3.45. The second-order valence-corrected chi connectivity index (χ2v) is 9.68. The maximum atomic E-state index is 12.3. The molecule has 0 bridgehead atoms. The van der Waals surface area contributed by atoms with Crippen LogP contribution < -0.4 is 5.32 Å². The summed E-state index contributed by atoms with van der Waals surface area (Å²) in [4.78, 5) is 17.2. The molecule has 0 aliphatic carbocycles. The lowest BCUT2D eigenvalue weighted by Crippen LogP contribution is -2.24. The van der Waals surface area contributed by atoms with Crippen LogP contribution in [0.25, 0.3) is 5.65 Å². The van der Waals surface area contributed by atoms with Crippen molar-refractivity contribution < 1.29 is 13.2 Å². The highest BCUT2D eigenvalue weighted by Crippen LogP contribution is 2.17. The Morgan fingerprint density at radius 2 is 1.80 bits per heavy atom. The number of aryl methyl sites for hydroxylation is 3. The van der Waals surface area contributed by atoms with E-state index in [1.807, 2.05) is 31.4 Å². The summed E-state index contributed by atoms with van der Waals surface area (Å²) in [6, 6.07) is 8.46. The van der Waals surface area contributed by atoms with Crippen molar-refractivity contribution in [3.63, 3.8) is 0 Å². The number of sulfonamides is 1. The molecular formula is C21H27N5O3S. The highest BCUT2D eigenvalue weighted by molar-refractivity contribution is 7.89. The number of carbonyl (C=O) groups excluding carboxylic acids is 1. The van der Waals surface area contributed by atoms with E-state index in [2.05, 4.69) is 15.4 Å². The zero-order valence-corrected chi connectivity index (χ0v) is 18.7. The molecule has 0 atom stereocenters. The molecule has 0 spiro atoms. The number of hydrogen-bond donors (Lipinski definition) is 1. The van der Waals surface area contributed by atoms with Gasteiger partial charge in [-0.1, -0.05) is 12.1 Å². The van der Waals surface area contributed by atoms with Gasteiger partial charge in [0, 0.05) is 44.5 Å². The van der Waals surface area contributed by atoms with E-state index in [-0.39, 0.29) is 10.8 Å². The molecule has 1 aromatic carbocycles. The second kappa shape index (κ2) is 8.53. The molecule has 160 valence electrons. The molecule has 1 N–H and O–H groups in total. The van der Waals surface area contributed by atoms with Crippen LogP contribution in [0.3, 0.4) is 0 Å². The molecule has 30 heavy (non-hydrogen) atoms. The van der Waals surface area contributed by atoms with E-state index in [0.29, 0.717) is 19.4 Å². The molecule has 3 rings (SSSR count). The summed E-state index contributed by atoms with van der Waals surface area (Å²) in [5.41, 5.74) is 5.49. The number of fused-ring (bicyclic) bond motifs is 1.